The molecule has 0 bridgehead atoms. The summed E-state index contributed by atoms with van der Waals surface area (Å²) in [5, 5.41) is 17.9. The third kappa shape index (κ3) is 5.54. The Morgan fingerprint density at radius 2 is 1.14 bits per heavy atom. The number of carboxylic acids is 2. The maximum atomic E-state index is 8.93. The molecule has 0 aliphatic heterocycles. The summed E-state index contributed by atoms with van der Waals surface area (Å²) in [7, 11) is 0. The predicted molar refractivity (Wildman–Crippen MR) is 10.0 cm³/mol. The van der Waals surface area contributed by atoms with Gasteiger partial charge < -0.3 is 19.8 Å². The van der Waals surface area contributed by atoms with Gasteiger partial charge in [-0.3, -0.25) is 0 Å². The van der Waals surface area contributed by atoms with Crippen molar-refractivity contribution in [2.75, 3.05) is 0 Å². The number of hydrogen-bond acceptors (Lipinski definition) is 4. The Kier molecular flexibility index (Phi) is 5.17. The van der Waals surface area contributed by atoms with E-state index in [0.717, 1.165) is 0 Å². The molecule has 0 saturated carbocycles. The van der Waals surface area contributed by atoms with Gasteiger partial charge in [-0.25, -0.2) is 0 Å². The van der Waals surface area contributed by atoms with Gasteiger partial charge in [-0.15, -0.1) is 0 Å². The first kappa shape index (κ1) is 9.74. The third-order valence-electron chi connectivity index (χ3n) is 0.167. The fraction of sp³-hybridized carbons (Fsp3) is 0. The molecule has 0 aliphatic rings. The molecule has 0 N–H and O–H groups in total. The van der Waals surface area contributed by atoms with Crippen LogP contribution in [-0.2, 0) is 9.59 Å². The second-order valence-corrected chi connectivity index (χ2v) is 0.575. The number of hydrogen-bond donors (Lipinski definition) is 0. The molecule has 0 aromatic rings. The molecular weight excluding hydrogens is 95.0 g/mol. The van der Waals surface area contributed by atoms with Crippen molar-refractivity contribution >= 4 is 11.9 Å². The second-order valence-electron chi connectivity index (χ2n) is 0.575. The fourth-order valence-corrected chi connectivity index (χ4v) is 0. The van der Waals surface area contributed by atoms with Crippen molar-refractivity contribution < 1.29 is 38.7 Å². The molecule has 4 nitrogen and oxygen atoms in total. The van der Waals surface area contributed by atoms with Crippen LogP contribution in [0.4, 0.5) is 0 Å². The first-order valence-corrected chi connectivity index (χ1v) is 1.07. The van der Waals surface area contributed by atoms with E-state index < -0.39 is 11.9 Å². The van der Waals surface area contributed by atoms with E-state index in [-0.39, 0.29) is 18.9 Å². The van der Waals surface area contributed by atoms with Gasteiger partial charge in [0.1, 0.15) is 0 Å². The van der Waals surface area contributed by atoms with Gasteiger partial charge >= 0.3 is 18.9 Å². The maximum Gasteiger partial charge on any atom is 1.00 e. The van der Waals surface area contributed by atoms with Crippen molar-refractivity contribution in [3.8, 4) is 0 Å². The zero-order chi connectivity index (χ0) is 5.15. The molecule has 0 atom stereocenters. The van der Waals surface area contributed by atoms with Crippen molar-refractivity contribution in [2.45, 2.75) is 0 Å². The number of aliphatic carboxylic acids is 2. The molecule has 0 heterocycles. The zero-order valence-corrected chi connectivity index (χ0v) is 3.63. The Morgan fingerprint density at radius 1 is 1.00 bits per heavy atom. The van der Waals surface area contributed by atoms with Crippen molar-refractivity contribution in [3.63, 3.8) is 0 Å². The topological polar surface area (TPSA) is 80.3 Å². The van der Waals surface area contributed by atoms with Gasteiger partial charge in [-0.2, -0.15) is 0 Å². The van der Waals surface area contributed by atoms with E-state index in [1.54, 1.807) is 0 Å². The first-order valence-electron chi connectivity index (χ1n) is 1.07. The van der Waals surface area contributed by atoms with Gasteiger partial charge in [0.25, 0.3) is 0 Å². The smallest absolute Gasteiger partial charge is 0.543 e. The largest absolute Gasteiger partial charge is 1.00 e. The quantitative estimate of drug-likeness (QED) is 0.221. The van der Waals surface area contributed by atoms with E-state index in [1.165, 1.54) is 0 Å². The minimum absolute atomic E-state index is 0. The average molecular weight is 95.0 g/mol. The summed E-state index contributed by atoms with van der Waals surface area (Å²) in [5.74, 6) is -4.37. The van der Waals surface area contributed by atoms with Gasteiger partial charge in [0, 0.05) is 0 Å². The summed E-state index contributed by atoms with van der Waals surface area (Å²) in [5.41, 5.74) is 0. The Balaban J connectivity index is 0. The van der Waals surface area contributed by atoms with E-state index in [1.807, 2.05) is 0 Å². The van der Waals surface area contributed by atoms with Crippen LogP contribution in [0.25, 0.3) is 0 Å². The van der Waals surface area contributed by atoms with Crippen LogP contribution in [0.5, 0.6) is 0 Å². The molecule has 0 spiro atoms. The van der Waals surface area contributed by atoms with E-state index in [9.17, 15) is 0 Å². The summed E-state index contributed by atoms with van der Waals surface area (Å²) in [6, 6.07) is 0. The minimum Gasteiger partial charge on any atom is -0.543 e. The number of carbonyl (C=O) groups excluding carboxylic acids is 2. The normalized spacial score (nSPS) is 6.29. The summed E-state index contributed by atoms with van der Waals surface area (Å²) in [4.78, 5) is 17.9. The van der Waals surface area contributed by atoms with Gasteiger partial charge in [0.05, 0.1) is 11.9 Å². The summed E-state index contributed by atoms with van der Waals surface area (Å²) >= 11 is 0. The molecule has 0 radical (unpaired) electrons. The van der Waals surface area contributed by atoms with Crippen LogP contribution in [0.3, 0.4) is 0 Å². The van der Waals surface area contributed by atoms with E-state index >= 15 is 0 Å². The molecule has 0 rings (SSSR count). The van der Waals surface area contributed by atoms with Gasteiger partial charge in [0.15, 0.2) is 0 Å². The van der Waals surface area contributed by atoms with E-state index in [0.29, 0.717) is 0 Å². The van der Waals surface area contributed by atoms with Crippen LogP contribution in [-0.4, -0.2) is 11.9 Å². The molecule has 0 aromatic carbocycles. The molecule has 0 amide bonds. The molecule has 0 aromatic heterocycles. The monoisotopic (exact) mass is 95.0 g/mol. The average Bonchev–Trinajstić information content (AvgIpc) is 1.36. The molecule has 0 unspecified atom stereocenters. The minimum atomic E-state index is -2.19. The van der Waals surface area contributed by atoms with Crippen molar-refractivity contribution in [3.05, 3.63) is 0 Å². The second kappa shape index (κ2) is 3.72. The number of rotatable bonds is 0. The van der Waals surface area contributed by atoms with Crippen molar-refractivity contribution in [2.24, 2.45) is 0 Å². The Bertz CT molecular complexity index is 75.7. The van der Waals surface area contributed by atoms with Crippen LogP contribution >= 0.6 is 0 Å². The first-order chi connectivity index (χ1) is 2.64. The Labute approximate surface area is 51.3 Å². The van der Waals surface area contributed by atoms with Crippen LogP contribution < -0.4 is 29.1 Å². The van der Waals surface area contributed by atoms with Gasteiger partial charge in [0.2, 0.25) is 0 Å². The third-order valence-corrected chi connectivity index (χ3v) is 0.167. The maximum absolute atomic E-state index is 8.93. The zero-order valence-electron chi connectivity index (χ0n) is 3.63. The molecule has 0 saturated heterocycles. The summed E-state index contributed by atoms with van der Waals surface area (Å²) < 4.78 is 0. The molecular formula is C2LiO4-. The van der Waals surface area contributed by atoms with E-state index in [4.69, 9.17) is 19.8 Å². The summed E-state index contributed by atoms with van der Waals surface area (Å²) in [6.45, 7) is 0. The van der Waals surface area contributed by atoms with Crippen molar-refractivity contribution in [1.29, 1.82) is 0 Å². The summed E-state index contributed by atoms with van der Waals surface area (Å²) in [6.07, 6.45) is 0. The molecule has 7 heavy (non-hydrogen) atoms. The van der Waals surface area contributed by atoms with Gasteiger partial charge in [-0.1, -0.05) is 0 Å². The Hall–Kier alpha value is -0.463. The molecule has 5 heteroatoms. The Morgan fingerprint density at radius 3 is 1.14 bits per heavy atom. The SMILES string of the molecule is O=C([O-])C(=O)[O-].[Li+]. The van der Waals surface area contributed by atoms with E-state index in [2.05, 4.69) is 0 Å². The number of carboxylic acid groups (broad SMARTS) is 2. The van der Waals surface area contributed by atoms with Crippen molar-refractivity contribution in [1.82, 2.24) is 0 Å². The molecule has 0 fully saturated rings. The fourth-order valence-electron chi connectivity index (χ4n) is 0. The van der Waals surface area contributed by atoms with Crippen LogP contribution in [0.15, 0.2) is 0 Å². The molecule has 34 valence electrons. The number of carbonyl (C=O) groups is 2. The standard InChI is InChI=1S/C2H2O4.Li/c3-1(4)2(5)6;/h(H,3,4)(H,5,6);/q;+1/p-2. The predicted octanol–water partition coefficient (Wildman–Crippen LogP) is -6.51. The van der Waals surface area contributed by atoms with Crippen LogP contribution in [0, 0.1) is 0 Å². The van der Waals surface area contributed by atoms with Crippen LogP contribution in [0.1, 0.15) is 0 Å². The molecule has 0 aliphatic carbocycles. The van der Waals surface area contributed by atoms with Gasteiger partial charge in [-0.05, 0) is 0 Å². The van der Waals surface area contributed by atoms with Crippen LogP contribution in [0.2, 0.25) is 0 Å².